The third kappa shape index (κ3) is 4.18. The summed E-state index contributed by atoms with van der Waals surface area (Å²) in [6.45, 7) is 6.21. The number of rotatable bonds is 5. The van der Waals surface area contributed by atoms with Crippen molar-refractivity contribution in [1.82, 2.24) is 9.80 Å². The number of piperazine rings is 1. The molecule has 1 fully saturated rings. The Hall–Kier alpha value is -0.620. The Morgan fingerprint density at radius 3 is 2.47 bits per heavy atom. The summed E-state index contributed by atoms with van der Waals surface area (Å²) < 4.78 is 6.25. The number of aliphatic hydroxyl groups is 1. The molecule has 0 radical (unpaired) electrons. The van der Waals surface area contributed by atoms with Crippen molar-refractivity contribution in [2.45, 2.75) is 6.54 Å². The molecule has 1 heterocycles. The Kier molecular flexibility index (Phi) is 5.63. The summed E-state index contributed by atoms with van der Waals surface area (Å²) in [5.41, 5.74) is 1.29. The van der Waals surface area contributed by atoms with Crippen LogP contribution in [0.15, 0.2) is 22.7 Å². The number of hydrogen-bond donors (Lipinski definition) is 1. The van der Waals surface area contributed by atoms with Crippen LogP contribution in [-0.4, -0.2) is 61.3 Å². The minimum atomic E-state index is 0.255. The van der Waals surface area contributed by atoms with E-state index in [9.17, 15) is 0 Å². The highest BCUT2D eigenvalue weighted by atomic mass is 79.9. The zero-order valence-electron chi connectivity index (χ0n) is 11.3. The van der Waals surface area contributed by atoms with Crippen LogP contribution in [0.2, 0.25) is 0 Å². The summed E-state index contributed by atoms with van der Waals surface area (Å²) in [7, 11) is 1.68. The molecule has 0 aliphatic carbocycles. The summed E-state index contributed by atoms with van der Waals surface area (Å²) in [6.07, 6.45) is 0. The molecule has 1 aliphatic heterocycles. The smallest absolute Gasteiger partial charge is 0.133 e. The maximum Gasteiger partial charge on any atom is 0.133 e. The summed E-state index contributed by atoms with van der Waals surface area (Å²) in [6, 6.07) is 6.24. The molecule has 1 N–H and O–H groups in total. The predicted octanol–water partition coefficient (Wildman–Crippen LogP) is 1.57. The van der Waals surface area contributed by atoms with Gasteiger partial charge in [-0.2, -0.15) is 0 Å². The van der Waals surface area contributed by atoms with Gasteiger partial charge in [-0.15, -0.1) is 0 Å². The molecule has 106 valence electrons. The van der Waals surface area contributed by atoms with Crippen LogP contribution in [-0.2, 0) is 6.54 Å². The molecule has 2 rings (SSSR count). The molecule has 1 aromatic carbocycles. The minimum absolute atomic E-state index is 0.255. The molecule has 1 aliphatic rings. The molecule has 5 heteroatoms. The average molecular weight is 329 g/mol. The van der Waals surface area contributed by atoms with Crippen molar-refractivity contribution in [3.05, 3.63) is 28.2 Å². The molecule has 0 unspecified atom stereocenters. The minimum Gasteiger partial charge on any atom is -0.496 e. The van der Waals surface area contributed by atoms with Crippen LogP contribution < -0.4 is 4.74 Å². The van der Waals surface area contributed by atoms with Crippen molar-refractivity contribution in [3.63, 3.8) is 0 Å². The van der Waals surface area contributed by atoms with Crippen LogP contribution >= 0.6 is 15.9 Å². The largest absolute Gasteiger partial charge is 0.496 e. The van der Waals surface area contributed by atoms with Crippen molar-refractivity contribution in [1.29, 1.82) is 0 Å². The topological polar surface area (TPSA) is 35.9 Å². The van der Waals surface area contributed by atoms with Crippen LogP contribution in [0.4, 0.5) is 0 Å². The number of halogens is 1. The first-order valence-corrected chi connectivity index (χ1v) is 7.40. The third-order valence-electron chi connectivity index (χ3n) is 3.50. The monoisotopic (exact) mass is 328 g/mol. The molecular weight excluding hydrogens is 308 g/mol. The molecule has 19 heavy (non-hydrogen) atoms. The number of nitrogens with zero attached hydrogens (tertiary/aromatic N) is 2. The molecule has 0 saturated carbocycles. The second kappa shape index (κ2) is 7.24. The summed E-state index contributed by atoms with van der Waals surface area (Å²) in [5.74, 6) is 0.872. The van der Waals surface area contributed by atoms with Gasteiger partial charge in [-0.3, -0.25) is 9.80 Å². The predicted molar refractivity (Wildman–Crippen MR) is 79.5 cm³/mol. The van der Waals surface area contributed by atoms with Gasteiger partial charge in [0.25, 0.3) is 0 Å². The van der Waals surface area contributed by atoms with E-state index in [-0.39, 0.29) is 6.61 Å². The first-order valence-electron chi connectivity index (χ1n) is 6.61. The van der Waals surface area contributed by atoms with Crippen LogP contribution in [0, 0.1) is 0 Å². The molecular formula is C14H21BrN2O2. The van der Waals surface area contributed by atoms with Gasteiger partial charge in [0.15, 0.2) is 0 Å². The van der Waals surface area contributed by atoms with Gasteiger partial charge in [0, 0.05) is 39.3 Å². The second-order valence-corrected chi connectivity index (χ2v) is 5.66. The van der Waals surface area contributed by atoms with Gasteiger partial charge in [-0.25, -0.2) is 0 Å². The van der Waals surface area contributed by atoms with Crippen LogP contribution in [0.3, 0.4) is 0 Å². The first kappa shape index (κ1) is 14.8. The molecule has 0 spiro atoms. The molecule has 0 amide bonds. The summed E-state index contributed by atoms with van der Waals surface area (Å²) >= 11 is 3.52. The number of benzene rings is 1. The van der Waals surface area contributed by atoms with Gasteiger partial charge < -0.3 is 9.84 Å². The lowest BCUT2D eigenvalue weighted by atomic mass is 10.2. The molecule has 0 aromatic heterocycles. The standard InChI is InChI=1S/C14H21BrN2O2/c1-19-14-3-2-12(10-13(14)15)11-17-6-4-16(5-7-17)8-9-18/h2-3,10,18H,4-9,11H2,1H3. The maximum absolute atomic E-state index is 8.93. The fraction of sp³-hybridized carbons (Fsp3) is 0.571. The lowest BCUT2D eigenvalue weighted by Gasteiger charge is -2.34. The van der Waals surface area contributed by atoms with Crippen molar-refractivity contribution in [3.8, 4) is 5.75 Å². The van der Waals surface area contributed by atoms with E-state index in [0.717, 1.165) is 49.5 Å². The van der Waals surface area contributed by atoms with E-state index in [4.69, 9.17) is 9.84 Å². The van der Waals surface area contributed by atoms with E-state index >= 15 is 0 Å². The van der Waals surface area contributed by atoms with E-state index in [0.29, 0.717) is 0 Å². The molecule has 1 aromatic rings. The van der Waals surface area contributed by atoms with Crippen molar-refractivity contribution < 1.29 is 9.84 Å². The lowest BCUT2D eigenvalue weighted by molar-refractivity contribution is 0.108. The molecule has 1 saturated heterocycles. The highest BCUT2D eigenvalue weighted by Crippen LogP contribution is 2.26. The quantitative estimate of drug-likeness (QED) is 0.890. The SMILES string of the molecule is COc1ccc(CN2CCN(CCO)CC2)cc1Br. The van der Waals surface area contributed by atoms with Crippen molar-refractivity contribution in [2.24, 2.45) is 0 Å². The third-order valence-corrected chi connectivity index (χ3v) is 4.12. The number of aliphatic hydroxyl groups excluding tert-OH is 1. The lowest BCUT2D eigenvalue weighted by Crippen LogP contribution is -2.46. The zero-order valence-corrected chi connectivity index (χ0v) is 12.9. The highest BCUT2D eigenvalue weighted by Gasteiger charge is 2.16. The Morgan fingerprint density at radius 1 is 1.21 bits per heavy atom. The number of ether oxygens (including phenoxy) is 1. The van der Waals surface area contributed by atoms with Gasteiger partial charge in [0.2, 0.25) is 0 Å². The zero-order chi connectivity index (χ0) is 13.7. The second-order valence-electron chi connectivity index (χ2n) is 4.81. The van der Waals surface area contributed by atoms with Gasteiger partial charge in [0.1, 0.15) is 5.75 Å². The fourth-order valence-corrected chi connectivity index (χ4v) is 2.97. The maximum atomic E-state index is 8.93. The number of methoxy groups -OCH3 is 1. The van der Waals surface area contributed by atoms with Gasteiger partial charge >= 0.3 is 0 Å². The van der Waals surface area contributed by atoms with Crippen molar-refractivity contribution >= 4 is 15.9 Å². The van der Waals surface area contributed by atoms with Gasteiger partial charge in [-0.05, 0) is 33.6 Å². The van der Waals surface area contributed by atoms with E-state index in [1.165, 1.54) is 5.56 Å². The summed E-state index contributed by atoms with van der Waals surface area (Å²) in [4.78, 5) is 4.75. The normalized spacial score (nSPS) is 17.6. The van der Waals surface area contributed by atoms with Crippen LogP contribution in [0.25, 0.3) is 0 Å². The Morgan fingerprint density at radius 2 is 1.89 bits per heavy atom. The highest BCUT2D eigenvalue weighted by molar-refractivity contribution is 9.10. The fourth-order valence-electron chi connectivity index (χ4n) is 2.38. The van der Waals surface area contributed by atoms with E-state index < -0.39 is 0 Å². The van der Waals surface area contributed by atoms with Crippen LogP contribution in [0.1, 0.15) is 5.56 Å². The van der Waals surface area contributed by atoms with E-state index in [1.807, 2.05) is 6.07 Å². The van der Waals surface area contributed by atoms with Crippen molar-refractivity contribution in [2.75, 3.05) is 46.4 Å². The molecule has 0 bridgehead atoms. The Balaban J connectivity index is 1.87. The van der Waals surface area contributed by atoms with Gasteiger partial charge in [0.05, 0.1) is 18.2 Å². The summed E-state index contributed by atoms with van der Waals surface area (Å²) in [5, 5.41) is 8.93. The van der Waals surface area contributed by atoms with E-state index in [1.54, 1.807) is 7.11 Å². The van der Waals surface area contributed by atoms with Gasteiger partial charge in [-0.1, -0.05) is 6.07 Å². The first-order chi connectivity index (χ1) is 9.22. The van der Waals surface area contributed by atoms with Crippen LogP contribution in [0.5, 0.6) is 5.75 Å². The van der Waals surface area contributed by atoms with E-state index in [2.05, 4.69) is 37.9 Å². The molecule has 4 nitrogen and oxygen atoms in total. The number of hydrogen-bond acceptors (Lipinski definition) is 4. The average Bonchev–Trinajstić information content (AvgIpc) is 2.42. The Labute approximate surface area is 123 Å². The number of β-amino-alcohol motifs (C(OH)–C–C–N with tert-alkyl or cyclic N) is 1. The Bertz CT molecular complexity index is 406. The molecule has 0 atom stereocenters.